The van der Waals surface area contributed by atoms with Crippen LogP contribution in [0.1, 0.15) is 150 Å². The van der Waals surface area contributed by atoms with Crippen LogP contribution in [0.2, 0.25) is 0 Å². The maximum atomic E-state index is 18.1. The van der Waals surface area contributed by atoms with Crippen LogP contribution in [0.3, 0.4) is 0 Å². The summed E-state index contributed by atoms with van der Waals surface area (Å²) in [6.07, 6.45) is -0.441. The first-order valence-corrected chi connectivity index (χ1v) is 39.9. The number of Topliss-reactive ketones (excluding diaryl/α,β-unsaturated/α-hetero) is 1. The molecular formula is C80H115F2N9O24. The number of ether oxygens (including phenoxy) is 9. The van der Waals surface area contributed by atoms with Gasteiger partial charge in [0.25, 0.3) is 0 Å². The Hall–Kier alpha value is -8.76. The van der Waals surface area contributed by atoms with Gasteiger partial charge in [0.2, 0.25) is 35.3 Å². The monoisotopic (exact) mass is 1620 g/mol. The lowest BCUT2D eigenvalue weighted by Gasteiger charge is -2.63. The second-order valence-electron chi connectivity index (χ2n) is 31.6. The van der Waals surface area contributed by atoms with Gasteiger partial charge in [-0.1, -0.05) is 66.2 Å². The van der Waals surface area contributed by atoms with Gasteiger partial charge in [-0.2, -0.15) is 0 Å². The molecule has 6 aliphatic carbocycles. The first kappa shape index (κ1) is 91.8. The summed E-state index contributed by atoms with van der Waals surface area (Å²) in [4.78, 5) is 159. The predicted octanol–water partition coefficient (Wildman–Crippen LogP) is 4.11. The third kappa shape index (κ3) is 24.0. The van der Waals surface area contributed by atoms with Crippen molar-refractivity contribution in [2.75, 3.05) is 91.1 Å². The smallest absolute Gasteiger partial charge is 0.408 e. The first-order valence-electron chi connectivity index (χ1n) is 39.9. The summed E-state index contributed by atoms with van der Waals surface area (Å²) in [6, 6.07) is -2.16. The van der Waals surface area contributed by atoms with Crippen molar-refractivity contribution >= 4 is 76.9 Å². The number of hydrogen-bond donors (Lipinski definition) is 12. The number of aliphatic carboxylic acids is 1. The number of urea groups is 1. The molecule has 9 amide bonds. The van der Waals surface area contributed by atoms with Gasteiger partial charge in [0.15, 0.2) is 29.9 Å². The van der Waals surface area contributed by atoms with E-state index in [-0.39, 0.29) is 108 Å². The molecule has 3 unspecified atom stereocenters. The number of nitrogens with one attached hydrogen (secondary N) is 8. The van der Waals surface area contributed by atoms with Crippen LogP contribution in [0.5, 0.6) is 0 Å². The highest BCUT2D eigenvalue weighted by atomic mass is 19.1. The molecule has 0 radical (unpaired) electrons. The van der Waals surface area contributed by atoms with E-state index in [9.17, 15) is 72.9 Å². The normalized spacial score (nSPS) is 27.3. The molecule has 35 heteroatoms. The Morgan fingerprint density at radius 3 is 1.97 bits per heavy atom. The lowest BCUT2D eigenvalue weighted by molar-refractivity contribution is -0.235. The minimum Gasteiger partial charge on any atom is -0.481 e. The molecule has 1 aromatic carbocycles. The topological polar surface area (TPSA) is 471 Å². The summed E-state index contributed by atoms with van der Waals surface area (Å²) in [6.45, 7) is 11.7. The molecule has 638 valence electrons. The van der Waals surface area contributed by atoms with Gasteiger partial charge in [-0.3, -0.25) is 38.4 Å². The summed E-state index contributed by atoms with van der Waals surface area (Å²) in [5, 5.41) is 52.2. The second-order valence-corrected chi connectivity index (χ2v) is 31.6. The van der Waals surface area contributed by atoms with Crippen molar-refractivity contribution in [1.29, 1.82) is 0 Å². The molecule has 33 nitrogen and oxygen atoms in total. The lowest BCUT2D eigenvalue weighted by Crippen LogP contribution is -2.71. The van der Waals surface area contributed by atoms with Crippen molar-refractivity contribution in [3.05, 3.63) is 53.6 Å². The van der Waals surface area contributed by atoms with E-state index in [1.54, 1.807) is 34.6 Å². The molecule has 1 aromatic rings. The number of carbonyl (C=O) groups is 12. The molecule has 17 atom stereocenters. The highest BCUT2D eigenvalue weighted by Gasteiger charge is 2.80. The van der Waals surface area contributed by atoms with E-state index in [0.717, 1.165) is 31.8 Å². The van der Waals surface area contributed by atoms with Crippen molar-refractivity contribution < 1.29 is 124 Å². The predicted molar refractivity (Wildman–Crippen MR) is 406 cm³/mol. The van der Waals surface area contributed by atoms with Crippen LogP contribution in [-0.2, 0) is 92.4 Å². The maximum Gasteiger partial charge on any atom is 0.408 e. The number of alkyl halides is 2. The number of carboxylic acid groups (broad SMARTS) is 1. The first-order chi connectivity index (χ1) is 54.8. The van der Waals surface area contributed by atoms with Crippen LogP contribution in [0.15, 0.2) is 48.1 Å². The van der Waals surface area contributed by atoms with Gasteiger partial charge in [0.1, 0.15) is 43.0 Å². The Balaban J connectivity index is 0.755. The third-order valence-corrected chi connectivity index (χ3v) is 22.9. The Morgan fingerprint density at radius 1 is 0.713 bits per heavy atom. The fourth-order valence-electron chi connectivity index (χ4n) is 16.9. The number of benzene rings is 1. The Morgan fingerprint density at radius 2 is 1.35 bits per heavy atom. The van der Waals surface area contributed by atoms with E-state index in [0.29, 0.717) is 62.5 Å². The van der Waals surface area contributed by atoms with Crippen LogP contribution in [0.4, 0.5) is 28.9 Å². The molecule has 0 spiro atoms. The van der Waals surface area contributed by atoms with Crippen molar-refractivity contribution in [2.45, 2.75) is 218 Å². The Kier molecular flexibility index (Phi) is 34.2. The Bertz CT molecular complexity index is 3690. The number of hydrogen-bond acceptors (Lipinski definition) is 23. The van der Waals surface area contributed by atoms with E-state index in [4.69, 9.17) is 48.4 Å². The van der Waals surface area contributed by atoms with Crippen LogP contribution >= 0.6 is 0 Å². The zero-order chi connectivity index (χ0) is 83.8. The summed E-state index contributed by atoms with van der Waals surface area (Å²) in [5.41, 5.74) is -1.70. The van der Waals surface area contributed by atoms with Crippen molar-refractivity contribution in [3.63, 3.8) is 0 Å². The number of amides is 9. The number of allylic oxidation sites excluding steroid dienone is 4. The van der Waals surface area contributed by atoms with E-state index in [2.05, 4.69) is 54.4 Å². The van der Waals surface area contributed by atoms with Crippen LogP contribution < -0.4 is 48.3 Å². The highest BCUT2D eigenvalue weighted by molar-refractivity contribution is 6.02. The number of anilines is 1. The van der Waals surface area contributed by atoms with Gasteiger partial charge in [0.05, 0.1) is 78.3 Å². The highest BCUT2D eigenvalue weighted by Crippen LogP contribution is 2.72. The van der Waals surface area contributed by atoms with Crippen LogP contribution in [-0.4, -0.2) is 238 Å². The molecule has 1 heterocycles. The number of fused-ring (bicyclic) bond motifs is 8. The Labute approximate surface area is 667 Å². The number of primary amides is 1. The minimum absolute atomic E-state index is 0.00618. The molecule has 13 N–H and O–H groups in total. The number of esters is 1. The largest absolute Gasteiger partial charge is 0.481 e. The standard InChI is InChI=1S/C80H115F2N9O24/c1-8-14-67-114-64-40-54-55-39-57(81)56-38-50(93)24-26-77(56,6)79(55,82)62(94)41-78(54,7)80(64,115-67)63(95)45-111-73(103)60(37-46(2)3)89-71(101)61(42-92)90-76(106)112-43-48-18-20-49(21-19-48)86-69(99)58(17-13-27-84-74(83)104)88-72(102)68(47(4)5)91-70(100)59(22-23-66(97)98)87-65(96)25-29-107-31-33-109-35-36-110-34-32-108-30-28-85-75(105)113-44-53-51-15-11-9-10-12-16-52(51)53/h18-21,24,26,38,46-47,51-55,57-62,64,67-68,92,94H,8,11-17,22-23,25,27-37,39-45H2,1-7H3,(H,85,105)(H,86,99)(H,87,96)(H,88,102)(H,89,101)(H,90,106)(H,91,100)(H,97,98)(H3,83,84,104)/t51?,52?,53?,54-,55-,57-,58-,59+,60-,61-,62-,64+,67?,68-,77-,78-,79-,80+/m0/s1. The van der Waals surface area contributed by atoms with Gasteiger partial charge in [-0.15, -0.1) is 11.8 Å². The molecule has 8 rings (SSSR count). The number of carbonyl (C=O) groups excluding carboxylic acids is 11. The molecule has 4 saturated carbocycles. The lowest BCUT2D eigenvalue weighted by atomic mass is 9.44. The minimum atomic E-state index is -2.46. The molecular weight excluding hydrogens is 1510 g/mol. The molecule has 7 aliphatic rings. The summed E-state index contributed by atoms with van der Waals surface area (Å²) in [7, 11) is 0. The van der Waals surface area contributed by atoms with Crippen LogP contribution in [0.25, 0.3) is 0 Å². The fourth-order valence-corrected chi connectivity index (χ4v) is 16.9. The maximum absolute atomic E-state index is 18.1. The summed E-state index contributed by atoms with van der Waals surface area (Å²) >= 11 is 0. The SMILES string of the molecule is CCCC1O[C@@H]2C[C@H]3[C@@H]4C[C@H](F)C5=CC(=O)C=C[C@]5(C)[C@@]4(F)[C@@H](O)C[C@]3(C)[C@]2(C(=O)COC(=O)[C@H](CC(C)C)NC(=O)[C@H](CO)NC(=O)OCc2ccc(NC(=O)[C@H](CCCNC(N)=O)NC(=O)[C@@H](NC(=O)[C@@H](CCC(=O)O)NC(=O)CCOCCOCCOCCOCCNC(=O)OCC3C4CCC#CCCC43)C(C)C)cc2)O1. The van der Waals surface area contributed by atoms with Crippen molar-refractivity contribution in [3.8, 4) is 11.8 Å². The summed E-state index contributed by atoms with van der Waals surface area (Å²) in [5.74, 6) is -2.63. The van der Waals surface area contributed by atoms with Crippen molar-refractivity contribution in [1.82, 2.24) is 37.2 Å². The number of nitrogens with two attached hydrogens (primary N) is 1. The fraction of sp³-hybridized carbons (Fsp3) is 0.700. The molecule has 1 aliphatic heterocycles. The third-order valence-electron chi connectivity index (χ3n) is 22.9. The molecule has 0 bridgehead atoms. The zero-order valence-electron chi connectivity index (χ0n) is 66.5. The number of aliphatic hydroxyl groups is 2. The van der Waals surface area contributed by atoms with Gasteiger partial charge in [-0.25, -0.2) is 28.0 Å². The summed E-state index contributed by atoms with van der Waals surface area (Å²) < 4.78 is 85.8. The van der Waals surface area contributed by atoms with Gasteiger partial charge in [0, 0.05) is 61.2 Å². The van der Waals surface area contributed by atoms with E-state index < -0.39 is 199 Å². The number of halogens is 2. The number of alkyl carbamates (subject to hydrolysis) is 2. The van der Waals surface area contributed by atoms with E-state index in [1.165, 1.54) is 43.3 Å². The second kappa shape index (κ2) is 42.9. The average molecular weight is 1620 g/mol. The number of aliphatic hydroxyl groups excluding tert-OH is 2. The van der Waals surface area contributed by atoms with Gasteiger partial charge in [-0.05, 0) is 142 Å². The number of ketones is 2. The van der Waals surface area contributed by atoms with Crippen LogP contribution in [0, 0.1) is 64.1 Å². The number of carboxylic acids is 1. The van der Waals surface area contributed by atoms with Crippen molar-refractivity contribution in [2.24, 2.45) is 58.0 Å². The molecule has 115 heavy (non-hydrogen) atoms. The number of rotatable bonds is 46. The van der Waals surface area contributed by atoms with Gasteiger partial charge >= 0.3 is 30.2 Å². The zero-order valence-corrected chi connectivity index (χ0v) is 66.5. The molecule has 0 aromatic heterocycles. The molecule has 1 saturated heterocycles. The van der Waals surface area contributed by atoms with E-state index >= 15 is 8.78 Å². The molecule has 5 fully saturated rings. The van der Waals surface area contributed by atoms with Gasteiger partial charge < -0.3 is 106 Å². The quantitative estimate of drug-likeness (QED) is 0.0189. The van der Waals surface area contributed by atoms with E-state index in [1.807, 2.05) is 6.92 Å². The average Bonchev–Trinajstić information content (AvgIpc) is 1.57.